The lowest BCUT2D eigenvalue weighted by Crippen LogP contribution is -2.29. The molecule has 0 unspecified atom stereocenters. The van der Waals surface area contributed by atoms with Gasteiger partial charge in [0.15, 0.2) is 28.1 Å². The molecule has 1 atom stereocenters. The maximum absolute atomic E-state index is 13.5. The molecule has 40 heavy (non-hydrogen) atoms. The highest BCUT2D eigenvalue weighted by Gasteiger charge is 2.49. The number of fused-ring (bicyclic) bond motifs is 1. The molecule has 0 saturated carbocycles. The molecule has 2 aliphatic heterocycles. The Labute approximate surface area is 240 Å². The van der Waals surface area contributed by atoms with Crippen molar-refractivity contribution in [3.05, 3.63) is 62.1 Å². The number of benzene rings is 2. The summed E-state index contributed by atoms with van der Waals surface area (Å²) in [5, 5.41) is 21.9. The molecule has 208 valence electrons. The Bertz CT molecular complexity index is 1580. The number of aliphatic hydroxyl groups excluding tert-OH is 1. The second-order valence-corrected chi connectivity index (χ2v) is 10.5. The fourth-order valence-electron chi connectivity index (χ4n) is 4.47. The first kappa shape index (κ1) is 27.5. The summed E-state index contributed by atoms with van der Waals surface area (Å²) in [6, 6.07) is 6.43. The van der Waals surface area contributed by atoms with E-state index in [1.54, 1.807) is 26.0 Å². The van der Waals surface area contributed by atoms with Crippen LogP contribution in [0, 0.1) is 6.92 Å². The predicted molar refractivity (Wildman–Crippen MR) is 147 cm³/mol. The number of thiazole rings is 1. The van der Waals surface area contributed by atoms with Gasteiger partial charge in [0, 0.05) is 5.56 Å². The van der Waals surface area contributed by atoms with Crippen LogP contribution in [-0.4, -0.2) is 59.8 Å². The van der Waals surface area contributed by atoms with Gasteiger partial charge < -0.3 is 29.2 Å². The van der Waals surface area contributed by atoms with Crippen LogP contribution in [0.3, 0.4) is 0 Å². The zero-order chi connectivity index (χ0) is 28.7. The Morgan fingerprint density at radius 2 is 1.93 bits per heavy atom. The Kier molecular flexibility index (Phi) is 7.43. The third-order valence-corrected chi connectivity index (χ3v) is 8.04. The van der Waals surface area contributed by atoms with Crippen molar-refractivity contribution in [3.63, 3.8) is 0 Å². The summed E-state index contributed by atoms with van der Waals surface area (Å²) in [5.74, 6) is -2.25. The number of phenolic OH excluding ortho intramolecular Hbond substituents is 1. The number of halogens is 1. The van der Waals surface area contributed by atoms with Gasteiger partial charge in [-0.3, -0.25) is 14.5 Å². The molecule has 1 amide bonds. The fraction of sp³-hybridized carbons (Fsp3) is 0.259. The highest BCUT2D eigenvalue weighted by atomic mass is 79.9. The molecule has 1 aromatic heterocycles. The number of aromatic nitrogens is 1. The molecule has 3 aromatic rings. The third-order valence-electron chi connectivity index (χ3n) is 6.30. The van der Waals surface area contributed by atoms with Gasteiger partial charge in [0.05, 0.1) is 35.5 Å². The van der Waals surface area contributed by atoms with Crippen LogP contribution >= 0.6 is 27.3 Å². The van der Waals surface area contributed by atoms with Crippen LogP contribution in [0.15, 0.2) is 40.4 Å². The number of aryl methyl sites for hydroxylation is 1. The third kappa shape index (κ3) is 4.64. The second kappa shape index (κ2) is 10.8. The lowest BCUT2D eigenvalue weighted by atomic mass is 9.95. The van der Waals surface area contributed by atoms with E-state index in [1.807, 2.05) is 0 Å². The van der Waals surface area contributed by atoms with Crippen molar-refractivity contribution in [1.82, 2.24) is 4.98 Å². The number of esters is 1. The summed E-state index contributed by atoms with van der Waals surface area (Å²) >= 11 is 4.17. The summed E-state index contributed by atoms with van der Waals surface area (Å²) in [5.41, 5.74) is 0.632. The molecule has 0 radical (unpaired) electrons. The number of ketones is 1. The number of aromatic hydroxyl groups is 1. The van der Waals surface area contributed by atoms with Crippen LogP contribution in [0.5, 0.6) is 23.0 Å². The summed E-state index contributed by atoms with van der Waals surface area (Å²) < 4.78 is 21.8. The number of anilines is 1. The van der Waals surface area contributed by atoms with Gasteiger partial charge in [-0.1, -0.05) is 11.3 Å². The number of ether oxygens (including phenoxy) is 4. The molecule has 11 nitrogen and oxygen atoms in total. The van der Waals surface area contributed by atoms with Crippen molar-refractivity contribution >= 4 is 55.8 Å². The molecule has 1 saturated heterocycles. The number of methoxy groups -OCH3 is 1. The largest absolute Gasteiger partial charge is 0.507 e. The number of phenols is 1. The van der Waals surface area contributed by atoms with Crippen molar-refractivity contribution in [1.29, 1.82) is 0 Å². The molecule has 1 fully saturated rings. The molecule has 0 aliphatic carbocycles. The van der Waals surface area contributed by atoms with Crippen LogP contribution in [-0.2, 0) is 14.3 Å². The summed E-state index contributed by atoms with van der Waals surface area (Å²) in [4.78, 5) is 45.3. The molecular weight excluding hydrogens is 608 g/mol. The highest BCUT2D eigenvalue weighted by Crippen LogP contribution is 2.47. The first-order valence-corrected chi connectivity index (χ1v) is 13.7. The Morgan fingerprint density at radius 1 is 1.20 bits per heavy atom. The van der Waals surface area contributed by atoms with Crippen molar-refractivity contribution < 1.29 is 43.5 Å². The van der Waals surface area contributed by atoms with Crippen LogP contribution in [0.2, 0.25) is 0 Å². The van der Waals surface area contributed by atoms with Crippen molar-refractivity contribution in [2.24, 2.45) is 0 Å². The average Bonchev–Trinajstić information content (AvgIpc) is 3.46. The van der Waals surface area contributed by atoms with Crippen LogP contribution in [0.25, 0.3) is 5.76 Å². The first-order chi connectivity index (χ1) is 19.2. The number of rotatable bonds is 6. The molecule has 5 rings (SSSR count). The molecule has 0 spiro atoms. The van der Waals surface area contributed by atoms with Crippen LogP contribution < -0.4 is 19.1 Å². The van der Waals surface area contributed by atoms with E-state index in [9.17, 15) is 24.6 Å². The summed E-state index contributed by atoms with van der Waals surface area (Å²) in [6.07, 6.45) is 0. The summed E-state index contributed by atoms with van der Waals surface area (Å²) in [7, 11) is 1.35. The number of aliphatic hydroxyl groups is 1. The fourth-order valence-corrected chi connectivity index (χ4v) is 5.92. The van der Waals surface area contributed by atoms with Gasteiger partial charge in [0.1, 0.15) is 23.9 Å². The number of hydrogen-bond acceptors (Lipinski definition) is 11. The molecule has 2 aliphatic rings. The number of Topliss-reactive ketones (excluding diaryl/α,β-unsaturated/α-hetero) is 1. The molecule has 2 aromatic carbocycles. The topological polar surface area (TPSA) is 145 Å². The number of nitrogens with zero attached hydrogens (tertiary/aromatic N) is 2. The number of hydrogen-bond donors (Lipinski definition) is 2. The maximum atomic E-state index is 13.5. The van der Waals surface area contributed by atoms with Gasteiger partial charge in [0.2, 0.25) is 0 Å². The monoisotopic (exact) mass is 630 g/mol. The van der Waals surface area contributed by atoms with E-state index in [0.717, 1.165) is 16.2 Å². The quantitative estimate of drug-likeness (QED) is 0.173. The Hall–Kier alpha value is -4.10. The van der Waals surface area contributed by atoms with E-state index < -0.39 is 29.5 Å². The van der Waals surface area contributed by atoms with E-state index >= 15 is 0 Å². The minimum Gasteiger partial charge on any atom is -0.507 e. The second-order valence-electron chi connectivity index (χ2n) is 8.71. The Morgan fingerprint density at radius 3 is 2.62 bits per heavy atom. The van der Waals surface area contributed by atoms with E-state index in [2.05, 4.69) is 20.9 Å². The molecular formula is C27H23BrN2O9S. The Balaban J connectivity index is 1.72. The van der Waals surface area contributed by atoms with E-state index in [-0.39, 0.29) is 43.7 Å². The van der Waals surface area contributed by atoms with Crippen molar-refractivity contribution in [2.45, 2.75) is 19.9 Å². The van der Waals surface area contributed by atoms with Gasteiger partial charge in [-0.15, -0.1) is 0 Å². The first-order valence-electron chi connectivity index (χ1n) is 12.1. The molecule has 13 heteroatoms. The number of amides is 1. The van der Waals surface area contributed by atoms with Crippen molar-refractivity contribution in [3.8, 4) is 23.0 Å². The maximum Gasteiger partial charge on any atom is 0.350 e. The van der Waals surface area contributed by atoms with Crippen LogP contribution in [0.1, 0.15) is 39.5 Å². The molecule has 3 heterocycles. The van der Waals surface area contributed by atoms with Gasteiger partial charge in [0.25, 0.3) is 5.78 Å². The minimum atomic E-state index is -1.19. The molecule has 2 N–H and O–H groups in total. The number of carbonyl (C=O) groups excluding carboxylic acids is 3. The normalized spacial score (nSPS) is 17.7. The van der Waals surface area contributed by atoms with E-state index in [1.165, 1.54) is 25.3 Å². The van der Waals surface area contributed by atoms with Gasteiger partial charge >= 0.3 is 11.9 Å². The highest BCUT2D eigenvalue weighted by molar-refractivity contribution is 9.10. The van der Waals surface area contributed by atoms with Crippen molar-refractivity contribution in [2.75, 3.05) is 31.8 Å². The van der Waals surface area contributed by atoms with Crippen LogP contribution in [0.4, 0.5) is 5.13 Å². The smallest absolute Gasteiger partial charge is 0.350 e. The zero-order valence-corrected chi connectivity index (χ0v) is 23.9. The van der Waals surface area contributed by atoms with E-state index in [0.29, 0.717) is 36.0 Å². The SMILES string of the molecule is CCOC(=O)c1sc(N2C(=O)C(=O)C(=C(O)c3ccc4c(c3)OCCO4)[C@H]2c2cc(Br)c(O)c(OC)c2)nc1C. The lowest BCUT2D eigenvalue weighted by molar-refractivity contribution is -0.132. The average molecular weight is 631 g/mol. The number of carbonyl (C=O) groups is 3. The van der Waals surface area contributed by atoms with Gasteiger partial charge in [-0.2, -0.15) is 0 Å². The lowest BCUT2D eigenvalue weighted by Gasteiger charge is -2.24. The van der Waals surface area contributed by atoms with E-state index in [4.69, 9.17) is 18.9 Å². The minimum absolute atomic E-state index is 0.0528. The van der Waals surface area contributed by atoms with Gasteiger partial charge in [-0.25, -0.2) is 9.78 Å². The molecule has 0 bridgehead atoms. The standard InChI is InChI=1S/C27H23BrN2O9S/c1-4-37-26(35)24-12(2)29-27(40-24)30-20(14-9-15(28)22(32)18(11-14)36-3)19(23(33)25(30)34)21(31)13-5-6-16-17(10-13)39-8-7-38-16/h5-6,9-11,20,31-32H,4,7-8H2,1-3H3/t20-/m1/s1. The summed E-state index contributed by atoms with van der Waals surface area (Å²) in [6.45, 7) is 4.10. The predicted octanol–water partition coefficient (Wildman–Crippen LogP) is 4.50. The van der Waals surface area contributed by atoms with Gasteiger partial charge in [-0.05, 0) is 65.7 Å². The zero-order valence-electron chi connectivity index (χ0n) is 21.5.